The molecule has 94 valence electrons. The van der Waals surface area contributed by atoms with E-state index in [9.17, 15) is 13.2 Å². The summed E-state index contributed by atoms with van der Waals surface area (Å²) in [7, 11) is 0. The summed E-state index contributed by atoms with van der Waals surface area (Å²) in [6.07, 6.45) is -1.40. The Balaban J connectivity index is 2.50. The molecule has 0 saturated carbocycles. The molecule has 0 fully saturated rings. The minimum absolute atomic E-state index is 0.00495. The Bertz CT molecular complexity index is 591. The van der Waals surface area contributed by atoms with Crippen molar-refractivity contribution in [3.05, 3.63) is 42.0 Å². The number of pyridine rings is 1. The van der Waals surface area contributed by atoms with Gasteiger partial charge in [0.25, 0.3) is 0 Å². The number of rotatable bonds is 2. The van der Waals surface area contributed by atoms with Crippen LogP contribution < -0.4 is 5.73 Å². The first-order chi connectivity index (χ1) is 8.39. The highest BCUT2D eigenvalue weighted by atomic mass is 32.1. The van der Waals surface area contributed by atoms with E-state index in [-0.39, 0.29) is 10.7 Å². The molecule has 2 heterocycles. The van der Waals surface area contributed by atoms with Gasteiger partial charge >= 0.3 is 6.18 Å². The van der Waals surface area contributed by atoms with Gasteiger partial charge in [0.05, 0.1) is 17.4 Å². The van der Waals surface area contributed by atoms with E-state index in [2.05, 4.69) is 10.1 Å². The predicted octanol–water partition coefficient (Wildman–Crippen LogP) is 1.92. The topological polar surface area (TPSA) is 56.7 Å². The van der Waals surface area contributed by atoms with Crippen molar-refractivity contribution in [3.63, 3.8) is 0 Å². The van der Waals surface area contributed by atoms with Crippen LogP contribution in [0.15, 0.2) is 30.7 Å². The lowest BCUT2D eigenvalue weighted by molar-refractivity contribution is -0.137. The lowest BCUT2D eigenvalue weighted by Gasteiger charge is -2.06. The van der Waals surface area contributed by atoms with Crippen molar-refractivity contribution in [3.8, 4) is 5.69 Å². The fraction of sp³-hybridized carbons (Fsp3) is 0.100. The third kappa shape index (κ3) is 2.33. The minimum Gasteiger partial charge on any atom is -0.388 e. The van der Waals surface area contributed by atoms with Gasteiger partial charge in [-0.3, -0.25) is 4.98 Å². The monoisotopic (exact) mass is 272 g/mol. The maximum Gasteiger partial charge on any atom is 0.419 e. The second-order valence-electron chi connectivity index (χ2n) is 3.41. The van der Waals surface area contributed by atoms with Crippen LogP contribution in [-0.4, -0.2) is 19.8 Å². The Morgan fingerprint density at radius 3 is 2.67 bits per heavy atom. The summed E-state index contributed by atoms with van der Waals surface area (Å²) < 4.78 is 38.4. The lowest BCUT2D eigenvalue weighted by atomic mass is 10.3. The van der Waals surface area contributed by atoms with Gasteiger partial charge in [0.15, 0.2) is 0 Å². The highest BCUT2D eigenvalue weighted by molar-refractivity contribution is 7.80. The van der Waals surface area contributed by atoms with Crippen molar-refractivity contribution >= 4 is 17.2 Å². The molecular formula is C10H7F3N4S. The van der Waals surface area contributed by atoms with E-state index in [1.807, 2.05) is 0 Å². The van der Waals surface area contributed by atoms with Crippen LogP contribution in [0.25, 0.3) is 5.69 Å². The quantitative estimate of drug-likeness (QED) is 0.849. The normalized spacial score (nSPS) is 11.5. The molecule has 8 heteroatoms. The number of aromatic nitrogens is 3. The molecule has 0 aliphatic heterocycles. The summed E-state index contributed by atoms with van der Waals surface area (Å²) in [5.74, 6) is 0. The van der Waals surface area contributed by atoms with Crippen molar-refractivity contribution < 1.29 is 13.2 Å². The number of thiocarbonyl (C=S) groups is 1. The summed E-state index contributed by atoms with van der Waals surface area (Å²) in [5.41, 5.74) is 5.14. The Labute approximate surface area is 105 Å². The van der Waals surface area contributed by atoms with Crippen LogP contribution in [-0.2, 0) is 6.18 Å². The van der Waals surface area contributed by atoms with E-state index >= 15 is 0 Å². The smallest absolute Gasteiger partial charge is 0.388 e. The maximum absolute atomic E-state index is 12.5. The van der Waals surface area contributed by atoms with Gasteiger partial charge < -0.3 is 5.73 Å². The zero-order valence-corrected chi connectivity index (χ0v) is 9.66. The molecule has 0 aliphatic carbocycles. The predicted molar refractivity (Wildman–Crippen MR) is 62.2 cm³/mol. The van der Waals surface area contributed by atoms with Crippen LogP contribution in [0.4, 0.5) is 13.2 Å². The van der Waals surface area contributed by atoms with Gasteiger partial charge in [-0.15, -0.1) is 0 Å². The summed E-state index contributed by atoms with van der Waals surface area (Å²) in [6, 6.07) is 3.10. The number of halogens is 3. The molecule has 0 aromatic carbocycles. The van der Waals surface area contributed by atoms with E-state index in [1.54, 1.807) is 6.07 Å². The third-order valence-corrected chi connectivity index (χ3v) is 2.37. The molecule has 2 aromatic rings. The average Bonchev–Trinajstić information content (AvgIpc) is 2.77. The van der Waals surface area contributed by atoms with Crippen LogP contribution in [0.2, 0.25) is 0 Å². The first-order valence-electron chi connectivity index (χ1n) is 4.76. The van der Waals surface area contributed by atoms with Crippen LogP contribution >= 0.6 is 12.2 Å². The lowest BCUT2D eigenvalue weighted by Crippen LogP contribution is -2.15. The molecule has 0 bridgehead atoms. The summed E-state index contributed by atoms with van der Waals surface area (Å²) >= 11 is 4.78. The number of alkyl halides is 3. The fourth-order valence-corrected chi connectivity index (χ4v) is 1.53. The summed E-state index contributed by atoms with van der Waals surface area (Å²) in [4.78, 5) is 3.91. The number of hydrogen-bond donors (Lipinski definition) is 1. The summed E-state index contributed by atoms with van der Waals surface area (Å²) in [6.45, 7) is 0. The molecule has 2 N–H and O–H groups in total. The molecule has 0 spiro atoms. The molecule has 0 unspecified atom stereocenters. The highest BCUT2D eigenvalue weighted by Gasteiger charge is 2.32. The Morgan fingerprint density at radius 1 is 1.39 bits per heavy atom. The average molecular weight is 272 g/mol. The molecule has 0 saturated heterocycles. The number of hydrogen-bond acceptors (Lipinski definition) is 3. The Kier molecular flexibility index (Phi) is 3.04. The second kappa shape index (κ2) is 4.37. The first kappa shape index (κ1) is 12.5. The van der Waals surface area contributed by atoms with Crippen LogP contribution in [0.5, 0.6) is 0 Å². The molecule has 2 aromatic heterocycles. The summed E-state index contributed by atoms with van der Waals surface area (Å²) in [5, 5.41) is 3.64. The van der Waals surface area contributed by atoms with Gasteiger partial charge in [0.2, 0.25) is 0 Å². The van der Waals surface area contributed by atoms with E-state index in [0.29, 0.717) is 5.69 Å². The fourth-order valence-electron chi connectivity index (χ4n) is 1.37. The zero-order valence-electron chi connectivity index (χ0n) is 8.85. The zero-order chi connectivity index (χ0) is 13.3. The van der Waals surface area contributed by atoms with Crippen molar-refractivity contribution in [2.24, 2.45) is 5.73 Å². The molecule has 4 nitrogen and oxygen atoms in total. The molecule has 0 aliphatic rings. The molecular weight excluding hydrogens is 265 g/mol. The van der Waals surface area contributed by atoms with Crippen molar-refractivity contribution in [1.29, 1.82) is 0 Å². The van der Waals surface area contributed by atoms with Gasteiger partial charge in [0.1, 0.15) is 10.7 Å². The number of nitrogens with two attached hydrogens (primary N) is 1. The maximum atomic E-state index is 12.5. The van der Waals surface area contributed by atoms with Crippen LogP contribution in [0, 0.1) is 0 Å². The molecule has 0 amide bonds. The van der Waals surface area contributed by atoms with Crippen LogP contribution in [0.1, 0.15) is 11.3 Å². The molecule has 2 rings (SSSR count). The molecule has 0 atom stereocenters. The van der Waals surface area contributed by atoms with E-state index in [4.69, 9.17) is 18.0 Å². The molecule has 0 radical (unpaired) electrons. The Morgan fingerprint density at radius 2 is 2.11 bits per heavy atom. The van der Waals surface area contributed by atoms with E-state index in [1.165, 1.54) is 12.3 Å². The van der Waals surface area contributed by atoms with Crippen LogP contribution in [0.3, 0.4) is 0 Å². The minimum atomic E-state index is -4.44. The van der Waals surface area contributed by atoms with E-state index in [0.717, 1.165) is 17.1 Å². The second-order valence-corrected chi connectivity index (χ2v) is 3.85. The van der Waals surface area contributed by atoms with Crippen molar-refractivity contribution in [2.75, 3.05) is 0 Å². The van der Waals surface area contributed by atoms with E-state index < -0.39 is 11.7 Å². The standard InChI is InChI=1S/C10H7F3N4S/c11-10(12,13)6-4-16-17(5-6)7-2-1-3-15-8(7)9(14)18/h1-5H,(H2,14,18). The number of nitrogens with zero attached hydrogens (tertiary/aromatic N) is 3. The largest absolute Gasteiger partial charge is 0.419 e. The Hall–Kier alpha value is -1.96. The van der Waals surface area contributed by atoms with Gasteiger partial charge in [-0.2, -0.15) is 18.3 Å². The highest BCUT2D eigenvalue weighted by Crippen LogP contribution is 2.29. The first-order valence-corrected chi connectivity index (χ1v) is 5.17. The third-order valence-electron chi connectivity index (χ3n) is 2.18. The SMILES string of the molecule is NC(=S)c1ncccc1-n1cc(C(F)(F)F)cn1. The van der Waals surface area contributed by atoms with Gasteiger partial charge in [0, 0.05) is 12.4 Å². The molecule has 18 heavy (non-hydrogen) atoms. The van der Waals surface area contributed by atoms with Gasteiger partial charge in [-0.1, -0.05) is 12.2 Å². The van der Waals surface area contributed by atoms with Gasteiger partial charge in [-0.05, 0) is 12.1 Å². The van der Waals surface area contributed by atoms with Gasteiger partial charge in [-0.25, -0.2) is 4.68 Å². The van der Waals surface area contributed by atoms with Crippen molar-refractivity contribution in [2.45, 2.75) is 6.18 Å². The van der Waals surface area contributed by atoms with Crippen molar-refractivity contribution in [1.82, 2.24) is 14.8 Å².